The summed E-state index contributed by atoms with van der Waals surface area (Å²) < 4.78 is 0. The SMILES string of the molecule is CC1CC(NC(=O)N[C@H]2CC[C@@H](C(=O)O)C2)C1. The minimum Gasteiger partial charge on any atom is -0.481 e. The molecule has 5 heteroatoms. The minimum atomic E-state index is -0.748. The van der Waals surface area contributed by atoms with Crippen molar-refractivity contribution < 1.29 is 14.7 Å². The Kier molecular flexibility index (Phi) is 3.54. The number of nitrogens with one attached hydrogen (secondary N) is 2. The van der Waals surface area contributed by atoms with Crippen molar-refractivity contribution in [1.29, 1.82) is 0 Å². The Balaban J connectivity index is 1.67. The molecule has 0 radical (unpaired) electrons. The van der Waals surface area contributed by atoms with Crippen LogP contribution in [-0.2, 0) is 4.79 Å². The summed E-state index contributed by atoms with van der Waals surface area (Å²) in [5.41, 5.74) is 0. The van der Waals surface area contributed by atoms with E-state index in [9.17, 15) is 9.59 Å². The van der Waals surface area contributed by atoms with Crippen LogP contribution in [-0.4, -0.2) is 29.2 Å². The number of aliphatic carboxylic acids is 1. The van der Waals surface area contributed by atoms with Gasteiger partial charge in [0.1, 0.15) is 0 Å². The van der Waals surface area contributed by atoms with Crippen LogP contribution in [0.15, 0.2) is 0 Å². The lowest BCUT2D eigenvalue weighted by molar-refractivity contribution is -0.141. The first-order chi connectivity index (χ1) is 8.04. The molecular formula is C12H20N2O3. The van der Waals surface area contributed by atoms with Crippen LogP contribution in [0.3, 0.4) is 0 Å². The topological polar surface area (TPSA) is 78.4 Å². The normalized spacial score (nSPS) is 36.1. The van der Waals surface area contributed by atoms with E-state index < -0.39 is 5.97 Å². The predicted octanol–water partition coefficient (Wildman–Crippen LogP) is 1.34. The van der Waals surface area contributed by atoms with Crippen LogP contribution in [0, 0.1) is 11.8 Å². The van der Waals surface area contributed by atoms with Crippen LogP contribution in [0.25, 0.3) is 0 Å². The van der Waals surface area contributed by atoms with Gasteiger partial charge in [0.15, 0.2) is 0 Å². The van der Waals surface area contributed by atoms with Gasteiger partial charge in [0.05, 0.1) is 5.92 Å². The average Bonchev–Trinajstić information content (AvgIpc) is 2.63. The Morgan fingerprint density at radius 2 is 1.71 bits per heavy atom. The number of hydrogen-bond donors (Lipinski definition) is 3. The highest BCUT2D eigenvalue weighted by atomic mass is 16.4. The van der Waals surface area contributed by atoms with Gasteiger partial charge in [-0.05, 0) is 38.0 Å². The van der Waals surface area contributed by atoms with E-state index in [-0.39, 0.29) is 18.0 Å². The molecule has 0 aliphatic heterocycles. The van der Waals surface area contributed by atoms with E-state index in [0.29, 0.717) is 24.8 Å². The fourth-order valence-electron chi connectivity index (χ4n) is 2.77. The number of carboxylic acids is 1. The second-order valence-corrected chi connectivity index (χ2v) is 5.44. The standard InChI is InChI=1S/C12H20N2O3/c1-7-4-10(5-7)14-12(17)13-9-3-2-8(6-9)11(15)16/h7-10H,2-6H2,1H3,(H,15,16)(H2,13,14,17)/t7?,8-,9+,10?/m1/s1. The number of amides is 2. The molecule has 17 heavy (non-hydrogen) atoms. The van der Waals surface area contributed by atoms with Gasteiger partial charge >= 0.3 is 12.0 Å². The third-order valence-corrected chi connectivity index (χ3v) is 3.83. The van der Waals surface area contributed by atoms with Crippen molar-refractivity contribution in [3.05, 3.63) is 0 Å². The van der Waals surface area contributed by atoms with E-state index in [4.69, 9.17) is 5.11 Å². The van der Waals surface area contributed by atoms with E-state index in [0.717, 1.165) is 19.3 Å². The summed E-state index contributed by atoms with van der Waals surface area (Å²) in [6, 6.07) is 0.188. The lowest BCUT2D eigenvalue weighted by atomic mass is 9.82. The van der Waals surface area contributed by atoms with Crippen molar-refractivity contribution in [3.63, 3.8) is 0 Å². The molecule has 2 fully saturated rings. The molecule has 3 N–H and O–H groups in total. The Hall–Kier alpha value is -1.26. The van der Waals surface area contributed by atoms with E-state index in [1.807, 2.05) is 0 Å². The molecule has 2 atom stereocenters. The summed E-state index contributed by atoms with van der Waals surface area (Å²) in [6.07, 6.45) is 4.10. The highest BCUT2D eigenvalue weighted by molar-refractivity contribution is 5.75. The molecule has 0 bridgehead atoms. The van der Waals surface area contributed by atoms with E-state index in [2.05, 4.69) is 17.6 Å². The lowest BCUT2D eigenvalue weighted by Crippen LogP contribution is -2.49. The van der Waals surface area contributed by atoms with Gasteiger partial charge in [-0.3, -0.25) is 4.79 Å². The zero-order valence-corrected chi connectivity index (χ0v) is 10.1. The van der Waals surface area contributed by atoms with E-state index >= 15 is 0 Å². The predicted molar refractivity (Wildman–Crippen MR) is 62.6 cm³/mol. The first kappa shape index (κ1) is 12.2. The van der Waals surface area contributed by atoms with Crippen molar-refractivity contribution in [1.82, 2.24) is 10.6 Å². The molecule has 0 spiro atoms. The van der Waals surface area contributed by atoms with Crippen LogP contribution in [0.2, 0.25) is 0 Å². The highest BCUT2D eigenvalue weighted by Crippen LogP contribution is 2.27. The van der Waals surface area contributed by atoms with Crippen LogP contribution in [0.1, 0.15) is 39.0 Å². The lowest BCUT2D eigenvalue weighted by Gasteiger charge is -2.33. The molecule has 2 amide bonds. The van der Waals surface area contributed by atoms with Gasteiger partial charge in [0.2, 0.25) is 0 Å². The fourth-order valence-corrected chi connectivity index (χ4v) is 2.77. The van der Waals surface area contributed by atoms with Gasteiger partial charge in [-0.1, -0.05) is 6.92 Å². The molecule has 96 valence electrons. The molecule has 2 aliphatic rings. The van der Waals surface area contributed by atoms with Crippen molar-refractivity contribution in [2.75, 3.05) is 0 Å². The molecule has 2 rings (SSSR count). The van der Waals surface area contributed by atoms with Gasteiger partial charge in [0, 0.05) is 12.1 Å². The Bertz CT molecular complexity index is 313. The Labute approximate surface area is 101 Å². The molecule has 0 aromatic carbocycles. The van der Waals surface area contributed by atoms with Gasteiger partial charge in [0.25, 0.3) is 0 Å². The van der Waals surface area contributed by atoms with Crippen molar-refractivity contribution >= 4 is 12.0 Å². The maximum atomic E-state index is 11.6. The number of urea groups is 1. The van der Waals surface area contributed by atoms with Crippen LogP contribution in [0.4, 0.5) is 4.79 Å². The van der Waals surface area contributed by atoms with Crippen LogP contribution >= 0.6 is 0 Å². The fraction of sp³-hybridized carbons (Fsp3) is 0.833. The second kappa shape index (κ2) is 4.94. The third-order valence-electron chi connectivity index (χ3n) is 3.83. The number of hydrogen-bond acceptors (Lipinski definition) is 2. The summed E-state index contributed by atoms with van der Waals surface area (Å²) >= 11 is 0. The maximum Gasteiger partial charge on any atom is 0.315 e. The smallest absolute Gasteiger partial charge is 0.315 e. The number of carbonyl (C=O) groups is 2. The molecule has 0 aromatic rings. The summed E-state index contributed by atoms with van der Waals surface area (Å²) in [5.74, 6) is -0.324. The largest absolute Gasteiger partial charge is 0.481 e. The minimum absolute atomic E-state index is 0.0219. The summed E-state index contributed by atoms with van der Waals surface area (Å²) in [4.78, 5) is 22.4. The molecule has 0 aromatic heterocycles. The van der Waals surface area contributed by atoms with Crippen LogP contribution in [0.5, 0.6) is 0 Å². The van der Waals surface area contributed by atoms with Crippen LogP contribution < -0.4 is 10.6 Å². The first-order valence-electron chi connectivity index (χ1n) is 6.34. The van der Waals surface area contributed by atoms with Gasteiger partial charge in [-0.15, -0.1) is 0 Å². The monoisotopic (exact) mass is 240 g/mol. The zero-order chi connectivity index (χ0) is 12.4. The van der Waals surface area contributed by atoms with Gasteiger partial charge in [-0.25, -0.2) is 4.79 Å². The molecule has 2 aliphatic carbocycles. The number of carboxylic acid groups (broad SMARTS) is 1. The zero-order valence-electron chi connectivity index (χ0n) is 10.1. The maximum absolute atomic E-state index is 11.6. The van der Waals surface area contributed by atoms with Crippen molar-refractivity contribution in [2.45, 2.75) is 51.1 Å². The van der Waals surface area contributed by atoms with Gasteiger partial charge < -0.3 is 15.7 Å². The number of rotatable bonds is 3. The van der Waals surface area contributed by atoms with E-state index in [1.165, 1.54) is 0 Å². The molecule has 0 heterocycles. The van der Waals surface area contributed by atoms with E-state index in [1.54, 1.807) is 0 Å². The Morgan fingerprint density at radius 1 is 1.06 bits per heavy atom. The quantitative estimate of drug-likeness (QED) is 0.696. The summed E-state index contributed by atoms with van der Waals surface area (Å²) in [6.45, 7) is 2.17. The third kappa shape index (κ3) is 3.11. The first-order valence-corrected chi connectivity index (χ1v) is 6.34. The summed E-state index contributed by atoms with van der Waals surface area (Å²) in [5, 5.41) is 14.6. The Morgan fingerprint density at radius 3 is 2.24 bits per heavy atom. The molecule has 0 saturated heterocycles. The molecule has 2 saturated carbocycles. The van der Waals surface area contributed by atoms with Gasteiger partial charge in [-0.2, -0.15) is 0 Å². The molecule has 5 nitrogen and oxygen atoms in total. The van der Waals surface area contributed by atoms with Crippen molar-refractivity contribution in [2.24, 2.45) is 11.8 Å². The number of carbonyl (C=O) groups excluding carboxylic acids is 1. The second-order valence-electron chi connectivity index (χ2n) is 5.44. The highest BCUT2D eigenvalue weighted by Gasteiger charge is 2.32. The summed E-state index contributed by atoms with van der Waals surface area (Å²) in [7, 11) is 0. The molecular weight excluding hydrogens is 220 g/mol. The molecule has 0 unspecified atom stereocenters. The van der Waals surface area contributed by atoms with Crippen molar-refractivity contribution in [3.8, 4) is 0 Å². The average molecular weight is 240 g/mol.